The Morgan fingerprint density at radius 3 is 2.82 bits per heavy atom. The van der Waals surface area contributed by atoms with E-state index in [9.17, 15) is 4.79 Å². The monoisotopic (exact) mass is 229 g/mol. The molecule has 0 aliphatic carbocycles. The van der Waals surface area contributed by atoms with E-state index in [1.807, 2.05) is 12.1 Å². The van der Waals surface area contributed by atoms with Gasteiger partial charge in [-0.3, -0.25) is 4.79 Å². The summed E-state index contributed by atoms with van der Waals surface area (Å²) in [6.45, 7) is 4.04. The second-order valence-corrected chi connectivity index (χ2v) is 4.17. The molecule has 0 saturated carbocycles. The van der Waals surface area contributed by atoms with Crippen molar-refractivity contribution >= 4 is 22.9 Å². The summed E-state index contributed by atoms with van der Waals surface area (Å²) in [5, 5.41) is 4.28. The lowest BCUT2D eigenvalue weighted by Crippen LogP contribution is -2.43. The molecule has 1 aromatic carbocycles. The molecule has 1 aliphatic rings. The Morgan fingerprint density at radius 2 is 2.06 bits per heavy atom. The van der Waals surface area contributed by atoms with Crippen LogP contribution in [0.5, 0.6) is 0 Å². The summed E-state index contributed by atoms with van der Waals surface area (Å²) in [5.41, 5.74) is 1.92. The molecular weight excluding hydrogens is 216 g/mol. The van der Waals surface area contributed by atoms with Crippen molar-refractivity contribution in [2.24, 2.45) is 0 Å². The van der Waals surface area contributed by atoms with E-state index in [0.29, 0.717) is 0 Å². The molecule has 1 aliphatic heterocycles. The van der Waals surface area contributed by atoms with Crippen LogP contribution in [0.2, 0.25) is 0 Å². The fourth-order valence-corrected chi connectivity index (χ4v) is 2.20. The molecule has 0 atom stereocenters. The number of carbonyl (C=O) groups excluding carboxylic acids is 1. The van der Waals surface area contributed by atoms with Crippen molar-refractivity contribution in [3.63, 3.8) is 0 Å². The van der Waals surface area contributed by atoms with Gasteiger partial charge in [-0.2, -0.15) is 0 Å². The molecule has 2 aromatic rings. The number of rotatable bonds is 2. The molecule has 17 heavy (non-hydrogen) atoms. The van der Waals surface area contributed by atoms with Crippen molar-refractivity contribution in [3.05, 3.63) is 30.0 Å². The van der Waals surface area contributed by atoms with E-state index in [1.54, 1.807) is 12.4 Å². The normalized spacial score (nSPS) is 16.4. The highest BCUT2D eigenvalue weighted by atomic mass is 16.3. The van der Waals surface area contributed by atoms with Crippen molar-refractivity contribution < 1.29 is 9.21 Å². The molecule has 1 N–H and O–H groups in total. The predicted octanol–water partition coefficient (Wildman–Crippen LogP) is 1.30. The first-order chi connectivity index (χ1) is 8.36. The lowest BCUT2D eigenvalue weighted by atomic mass is 10.2. The van der Waals surface area contributed by atoms with Crippen LogP contribution >= 0.6 is 0 Å². The number of hydrogen-bond donors (Lipinski definition) is 1. The van der Waals surface area contributed by atoms with Crippen LogP contribution < -0.4 is 10.2 Å². The van der Waals surface area contributed by atoms with Gasteiger partial charge in [-0.15, -0.1) is 0 Å². The third kappa shape index (κ3) is 1.91. The standard InChI is InChI=1S/C13H13N2O2/c16-9-12-8-10-7-11(1-2-13(10)17-12)15-5-3-14-4-6-15/h1-2,7-8,14H,3-6H2. The Bertz CT molecular complexity index is 541. The van der Waals surface area contributed by atoms with Crippen molar-refractivity contribution in [2.75, 3.05) is 31.1 Å². The van der Waals surface area contributed by atoms with Gasteiger partial charge in [0.15, 0.2) is 5.76 Å². The fourth-order valence-electron chi connectivity index (χ4n) is 2.20. The van der Waals surface area contributed by atoms with Crippen molar-refractivity contribution in [1.29, 1.82) is 0 Å². The van der Waals surface area contributed by atoms with Crippen LogP contribution in [-0.4, -0.2) is 32.5 Å². The van der Waals surface area contributed by atoms with Gasteiger partial charge in [-0.25, -0.2) is 0 Å². The van der Waals surface area contributed by atoms with Crippen molar-refractivity contribution in [1.82, 2.24) is 5.32 Å². The van der Waals surface area contributed by atoms with E-state index in [4.69, 9.17) is 4.42 Å². The second-order valence-electron chi connectivity index (χ2n) is 4.17. The van der Waals surface area contributed by atoms with Crippen LogP contribution in [0.25, 0.3) is 11.0 Å². The van der Waals surface area contributed by atoms with Crippen LogP contribution in [-0.2, 0) is 4.79 Å². The second kappa shape index (κ2) is 4.22. The Hall–Kier alpha value is -1.81. The Morgan fingerprint density at radius 1 is 1.24 bits per heavy atom. The minimum atomic E-state index is 0.262. The Labute approximate surface area is 99.2 Å². The zero-order valence-electron chi connectivity index (χ0n) is 9.40. The van der Waals surface area contributed by atoms with Crippen LogP contribution in [0.15, 0.2) is 28.7 Å². The molecule has 4 nitrogen and oxygen atoms in total. The summed E-state index contributed by atoms with van der Waals surface area (Å²) in [4.78, 5) is 12.9. The van der Waals surface area contributed by atoms with Gasteiger partial charge in [0, 0.05) is 37.3 Å². The van der Waals surface area contributed by atoms with E-state index in [-0.39, 0.29) is 5.76 Å². The highest BCUT2D eigenvalue weighted by molar-refractivity contribution is 5.87. The van der Waals surface area contributed by atoms with Gasteiger partial charge in [-0.1, -0.05) is 0 Å². The van der Waals surface area contributed by atoms with Gasteiger partial charge in [0.25, 0.3) is 6.29 Å². The minimum Gasteiger partial charge on any atom is -0.452 e. The maximum Gasteiger partial charge on any atom is 0.271 e. The summed E-state index contributed by atoms with van der Waals surface area (Å²) in [6.07, 6.45) is 1.78. The summed E-state index contributed by atoms with van der Waals surface area (Å²) in [6, 6.07) is 7.73. The number of furan rings is 1. The first-order valence-electron chi connectivity index (χ1n) is 5.74. The fraction of sp³-hybridized carbons (Fsp3) is 0.308. The van der Waals surface area contributed by atoms with Crippen LogP contribution in [0, 0.1) is 0 Å². The maximum atomic E-state index is 10.5. The van der Waals surface area contributed by atoms with E-state index in [0.717, 1.165) is 37.1 Å². The topological polar surface area (TPSA) is 45.5 Å². The third-order valence-corrected chi connectivity index (χ3v) is 3.08. The third-order valence-electron chi connectivity index (χ3n) is 3.08. The summed E-state index contributed by atoms with van der Waals surface area (Å²) >= 11 is 0. The van der Waals surface area contributed by atoms with Gasteiger partial charge < -0.3 is 14.6 Å². The lowest BCUT2D eigenvalue weighted by molar-refractivity contribution is 0.535. The number of fused-ring (bicyclic) bond motifs is 1. The molecule has 0 amide bonds. The molecule has 87 valence electrons. The Balaban J connectivity index is 1.97. The zero-order chi connectivity index (χ0) is 11.7. The highest BCUT2D eigenvalue weighted by Crippen LogP contribution is 2.24. The van der Waals surface area contributed by atoms with Gasteiger partial charge >= 0.3 is 0 Å². The van der Waals surface area contributed by atoms with E-state index < -0.39 is 0 Å². The van der Waals surface area contributed by atoms with Crippen LogP contribution in [0.4, 0.5) is 5.69 Å². The van der Waals surface area contributed by atoms with Gasteiger partial charge in [0.05, 0.1) is 0 Å². The van der Waals surface area contributed by atoms with E-state index in [2.05, 4.69) is 16.3 Å². The molecule has 1 aromatic heterocycles. The molecule has 0 bridgehead atoms. The number of nitrogens with one attached hydrogen (secondary N) is 1. The summed E-state index contributed by atoms with van der Waals surface area (Å²) in [7, 11) is 0. The molecule has 1 fully saturated rings. The minimum absolute atomic E-state index is 0.262. The molecule has 4 heteroatoms. The van der Waals surface area contributed by atoms with Gasteiger partial charge in [-0.05, 0) is 24.3 Å². The van der Waals surface area contributed by atoms with Crippen molar-refractivity contribution in [2.45, 2.75) is 0 Å². The SMILES string of the molecule is O=[C]c1cc2cc(N3CCNCC3)ccc2o1. The predicted molar refractivity (Wildman–Crippen MR) is 66.1 cm³/mol. The summed E-state index contributed by atoms with van der Waals surface area (Å²) in [5.74, 6) is 0.262. The van der Waals surface area contributed by atoms with Crippen LogP contribution in [0.1, 0.15) is 5.76 Å². The maximum absolute atomic E-state index is 10.5. The zero-order valence-corrected chi connectivity index (χ0v) is 9.40. The smallest absolute Gasteiger partial charge is 0.271 e. The molecule has 2 heterocycles. The molecule has 3 rings (SSSR count). The largest absolute Gasteiger partial charge is 0.452 e. The first kappa shape index (κ1) is 10.4. The number of benzene rings is 1. The summed E-state index contributed by atoms with van der Waals surface area (Å²) < 4.78 is 5.31. The average Bonchev–Trinajstić information content (AvgIpc) is 2.81. The van der Waals surface area contributed by atoms with E-state index >= 15 is 0 Å². The molecule has 1 saturated heterocycles. The number of anilines is 1. The number of piperazine rings is 1. The van der Waals surface area contributed by atoms with Gasteiger partial charge in [0.2, 0.25) is 0 Å². The Kier molecular flexibility index (Phi) is 2.57. The van der Waals surface area contributed by atoms with Crippen LogP contribution in [0.3, 0.4) is 0 Å². The first-order valence-corrected chi connectivity index (χ1v) is 5.74. The molecule has 1 radical (unpaired) electrons. The molecule has 0 unspecified atom stereocenters. The number of nitrogens with zero attached hydrogens (tertiary/aromatic N) is 1. The van der Waals surface area contributed by atoms with E-state index in [1.165, 1.54) is 5.69 Å². The molecule has 0 spiro atoms. The quantitative estimate of drug-likeness (QED) is 0.843. The van der Waals surface area contributed by atoms with Gasteiger partial charge in [0.1, 0.15) is 5.58 Å². The van der Waals surface area contributed by atoms with Crippen molar-refractivity contribution in [3.8, 4) is 0 Å². The average molecular weight is 229 g/mol. The lowest BCUT2D eigenvalue weighted by Gasteiger charge is -2.29. The number of hydrogen-bond acceptors (Lipinski definition) is 4. The molecular formula is C13H13N2O2. The highest BCUT2D eigenvalue weighted by Gasteiger charge is 2.12.